The van der Waals surface area contributed by atoms with E-state index in [1.807, 2.05) is 0 Å². The number of carbonyl (C=O) groups excluding carboxylic acids is 2. The van der Waals surface area contributed by atoms with Crippen LogP contribution in [0.15, 0.2) is 48.5 Å². The van der Waals surface area contributed by atoms with Crippen molar-refractivity contribution in [2.75, 3.05) is 13.2 Å². The zero-order valence-electron chi connectivity index (χ0n) is 15.3. The summed E-state index contributed by atoms with van der Waals surface area (Å²) in [6.07, 6.45) is 1.19. The Balaban J connectivity index is 1.24. The molecule has 2 N–H and O–H groups in total. The molecule has 0 atom stereocenters. The summed E-state index contributed by atoms with van der Waals surface area (Å²) in [6, 6.07) is 13.4. The Bertz CT molecular complexity index is 967. The highest BCUT2D eigenvalue weighted by molar-refractivity contribution is 6.43. The maximum absolute atomic E-state index is 12.3. The molecule has 0 radical (unpaired) electrons. The number of halogens is 2. The molecule has 0 heterocycles. The highest BCUT2D eigenvalue weighted by atomic mass is 35.5. The van der Waals surface area contributed by atoms with E-state index in [1.54, 1.807) is 48.5 Å². The number of hydrogen-bond acceptors (Lipinski definition) is 5. The Hall–Kier alpha value is -2.57. The fourth-order valence-electron chi connectivity index (χ4n) is 3.52. The molecule has 2 saturated carbocycles. The monoisotopic (exact) mass is 432 g/mol. The number of amides is 1. The average Bonchev–Trinajstić information content (AvgIpc) is 3.53. The van der Waals surface area contributed by atoms with Crippen LogP contribution < -0.4 is 14.8 Å². The van der Waals surface area contributed by atoms with Crippen LogP contribution in [0, 0.1) is 10.8 Å². The summed E-state index contributed by atoms with van der Waals surface area (Å²) in [4.78, 5) is 24.5. The molecule has 2 aliphatic carbocycles. The lowest BCUT2D eigenvalue weighted by Gasteiger charge is -2.08. The summed E-state index contributed by atoms with van der Waals surface area (Å²) in [6.45, 7) is -0.355. The van der Waals surface area contributed by atoms with Crippen molar-refractivity contribution in [2.24, 2.45) is 5.41 Å². The summed E-state index contributed by atoms with van der Waals surface area (Å²) in [5, 5.41) is 12.3. The number of ether oxygens (including phenoxy) is 2. The van der Waals surface area contributed by atoms with Crippen molar-refractivity contribution in [3.05, 3.63) is 58.6 Å². The molecule has 4 rings (SSSR count). The molecule has 0 bridgehead atoms. The van der Waals surface area contributed by atoms with E-state index in [0.29, 0.717) is 34.4 Å². The molecule has 0 aliphatic heterocycles. The zero-order valence-corrected chi connectivity index (χ0v) is 16.8. The number of rotatable bonds is 9. The van der Waals surface area contributed by atoms with E-state index in [1.165, 1.54) is 0 Å². The molecule has 2 aromatic rings. The van der Waals surface area contributed by atoms with Gasteiger partial charge in [-0.25, -0.2) is 0 Å². The van der Waals surface area contributed by atoms with E-state index in [-0.39, 0.29) is 30.6 Å². The highest BCUT2D eigenvalue weighted by Gasteiger charge is 2.86. The molecule has 150 valence electrons. The first-order chi connectivity index (χ1) is 13.8. The van der Waals surface area contributed by atoms with Crippen LogP contribution in [-0.2, 0) is 9.59 Å². The third-order valence-electron chi connectivity index (χ3n) is 5.38. The highest BCUT2D eigenvalue weighted by Crippen LogP contribution is 2.79. The van der Waals surface area contributed by atoms with Gasteiger partial charge in [-0.05, 0) is 61.4 Å². The van der Waals surface area contributed by atoms with E-state index < -0.39 is 11.0 Å². The van der Waals surface area contributed by atoms with Crippen LogP contribution in [0.2, 0.25) is 10.0 Å². The molecule has 0 unspecified atom stereocenters. The molecule has 6 nitrogen and oxygen atoms in total. The van der Waals surface area contributed by atoms with Crippen molar-refractivity contribution >= 4 is 40.6 Å². The standard InChI is InChI=1S/C21H18Cl2N2O4/c22-13-1-5-15(6-2-13)28-9-17(26)19(24)20-11-21(20,12-20)25-18(27)10-29-16-7-3-14(23)4-8-16/h1-8,24H,9-12H2,(H,25,27). The Morgan fingerprint density at radius 2 is 1.38 bits per heavy atom. The van der Waals surface area contributed by atoms with Crippen LogP contribution in [0.3, 0.4) is 0 Å². The topological polar surface area (TPSA) is 88.5 Å². The summed E-state index contributed by atoms with van der Waals surface area (Å²) < 4.78 is 10.9. The normalized spacial score (nSPS) is 23.5. The van der Waals surface area contributed by atoms with Gasteiger partial charge < -0.3 is 20.2 Å². The van der Waals surface area contributed by atoms with Gasteiger partial charge >= 0.3 is 0 Å². The molecule has 1 amide bonds. The van der Waals surface area contributed by atoms with Crippen LogP contribution in [-0.4, -0.2) is 36.2 Å². The van der Waals surface area contributed by atoms with Crippen molar-refractivity contribution in [2.45, 2.75) is 18.4 Å². The molecule has 2 fully saturated rings. The fraction of sp³-hybridized carbons (Fsp3) is 0.286. The summed E-state index contributed by atoms with van der Waals surface area (Å²) in [5.41, 5.74) is -1.03. The van der Waals surface area contributed by atoms with Crippen LogP contribution in [0.5, 0.6) is 11.5 Å². The van der Waals surface area contributed by atoms with Gasteiger partial charge in [-0.1, -0.05) is 23.2 Å². The second-order valence-corrected chi connectivity index (χ2v) is 8.22. The summed E-state index contributed by atoms with van der Waals surface area (Å²) in [5.74, 6) is 0.392. The molecule has 29 heavy (non-hydrogen) atoms. The third kappa shape index (κ3) is 3.95. The number of nitrogens with one attached hydrogen (secondary N) is 2. The largest absolute Gasteiger partial charge is 0.485 e. The quantitative estimate of drug-likeness (QED) is 0.591. The molecule has 0 aromatic heterocycles. The average molecular weight is 433 g/mol. The van der Waals surface area contributed by atoms with Crippen molar-refractivity contribution in [1.82, 2.24) is 5.32 Å². The first kappa shape index (κ1) is 19.7. The molecule has 0 saturated heterocycles. The SMILES string of the molecule is N=C(C(=O)COc1ccc(Cl)cc1)C12CC1(NC(=O)COc1ccc(Cl)cc1)C2. The Morgan fingerprint density at radius 3 is 1.90 bits per heavy atom. The van der Waals surface area contributed by atoms with Gasteiger partial charge in [0.1, 0.15) is 11.5 Å². The summed E-state index contributed by atoms with van der Waals surface area (Å²) >= 11 is 11.6. The number of Topliss-reactive ketones (excluding diaryl/α,β-unsaturated/α-hetero) is 1. The maximum atomic E-state index is 12.3. The number of benzene rings is 2. The van der Waals surface area contributed by atoms with E-state index in [4.69, 9.17) is 38.1 Å². The molecule has 2 aromatic carbocycles. The van der Waals surface area contributed by atoms with Gasteiger partial charge in [0.25, 0.3) is 5.91 Å². The minimum atomic E-state index is -0.552. The van der Waals surface area contributed by atoms with Crippen LogP contribution in [0.25, 0.3) is 0 Å². The van der Waals surface area contributed by atoms with E-state index in [2.05, 4.69) is 5.32 Å². The Kier molecular flexibility index (Phi) is 5.00. The Morgan fingerprint density at radius 1 is 0.897 bits per heavy atom. The first-order valence-electron chi connectivity index (χ1n) is 9.04. The Labute approximate surface area is 177 Å². The second-order valence-electron chi connectivity index (χ2n) is 7.35. The van der Waals surface area contributed by atoms with Crippen LogP contribution in [0.1, 0.15) is 12.8 Å². The minimum absolute atomic E-state index is 0.00498. The van der Waals surface area contributed by atoms with Crippen LogP contribution >= 0.6 is 23.2 Å². The predicted octanol–water partition coefficient (Wildman–Crippen LogP) is 3.69. The zero-order chi connectivity index (χ0) is 20.6. The molecule has 2 aliphatic rings. The first-order valence-corrected chi connectivity index (χ1v) is 9.79. The van der Waals surface area contributed by atoms with Gasteiger partial charge in [0.15, 0.2) is 13.2 Å². The van der Waals surface area contributed by atoms with Crippen molar-refractivity contribution in [1.29, 1.82) is 5.41 Å². The maximum Gasteiger partial charge on any atom is 0.258 e. The predicted molar refractivity (Wildman–Crippen MR) is 109 cm³/mol. The lowest BCUT2D eigenvalue weighted by molar-refractivity contribution is -0.123. The minimum Gasteiger partial charge on any atom is -0.485 e. The van der Waals surface area contributed by atoms with E-state index in [9.17, 15) is 9.59 Å². The molecule has 8 heteroatoms. The third-order valence-corrected chi connectivity index (χ3v) is 5.88. The number of carbonyl (C=O) groups is 2. The fourth-order valence-corrected chi connectivity index (χ4v) is 3.77. The number of ketones is 1. The number of fused-ring (bicyclic) bond motifs is 1. The van der Waals surface area contributed by atoms with E-state index in [0.717, 1.165) is 0 Å². The lowest BCUT2D eigenvalue weighted by Crippen LogP contribution is -2.35. The smallest absolute Gasteiger partial charge is 0.258 e. The van der Waals surface area contributed by atoms with E-state index >= 15 is 0 Å². The van der Waals surface area contributed by atoms with Gasteiger partial charge in [-0.2, -0.15) is 0 Å². The molecular formula is C21H18Cl2N2O4. The second kappa shape index (κ2) is 7.35. The van der Waals surface area contributed by atoms with Crippen molar-refractivity contribution in [3.63, 3.8) is 0 Å². The van der Waals surface area contributed by atoms with Gasteiger partial charge in [0.2, 0.25) is 5.78 Å². The van der Waals surface area contributed by atoms with Crippen molar-refractivity contribution in [3.8, 4) is 11.5 Å². The molecule has 0 spiro atoms. The lowest BCUT2D eigenvalue weighted by atomic mass is 10.1. The van der Waals surface area contributed by atoms with Gasteiger partial charge in [-0.3, -0.25) is 9.59 Å². The number of hydrogen-bond donors (Lipinski definition) is 2. The van der Waals surface area contributed by atoms with Gasteiger partial charge in [-0.15, -0.1) is 0 Å². The van der Waals surface area contributed by atoms with Gasteiger partial charge in [0.05, 0.1) is 11.3 Å². The van der Waals surface area contributed by atoms with Crippen LogP contribution in [0.4, 0.5) is 0 Å². The molecular weight excluding hydrogens is 415 g/mol. The van der Waals surface area contributed by atoms with Crippen molar-refractivity contribution < 1.29 is 19.1 Å². The van der Waals surface area contributed by atoms with Gasteiger partial charge in [0, 0.05) is 15.5 Å². The summed E-state index contributed by atoms with van der Waals surface area (Å²) in [7, 11) is 0.